The highest BCUT2D eigenvalue weighted by Gasteiger charge is 2.27. The maximum absolute atomic E-state index is 5.49. The number of nitrogens with zero attached hydrogens (tertiary/aromatic N) is 1. The van der Waals surface area contributed by atoms with Crippen molar-refractivity contribution >= 4 is 0 Å². The summed E-state index contributed by atoms with van der Waals surface area (Å²) in [5.41, 5.74) is 0. The first-order valence-corrected chi connectivity index (χ1v) is 6.21. The van der Waals surface area contributed by atoms with Crippen molar-refractivity contribution in [3.05, 3.63) is 0 Å². The van der Waals surface area contributed by atoms with Gasteiger partial charge in [0.1, 0.15) is 0 Å². The van der Waals surface area contributed by atoms with E-state index in [2.05, 4.69) is 18.9 Å². The van der Waals surface area contributed by atoms with Crippen LogP contribution in [0.2, 0.25) is 0 Å². The van der Waals surface area contributed by atoms with Gasteiger partial charge in [-0.3, -0.25) is 4.90 Å². The molecule has 0 amide bonds. The van der Waals surface area contributed by atoms with Crippen LogP contribution in [0.4, 0.5) is 0 Å². The second-order valence-corrected chi connectivity index (χ2v) is 4.94. The van der Waals surface area contributed by atoms with Gasteiger partial charge in [0, 0.05) is 12.6 Å². The Labute approximate surface area is 92.7 Å². The van der Waals surface area contributed by atoms with Gasteiger partial charge in [0.25, 0.3) is 0 Å². The third-order valence-corrected chi connectivity index (χ3v) is 3.76. The molecule has 0 unspecified atom stereocenters. The van der Waals surface area contributed by atoms with Gasteiger partial charge in [0.15, 0.2) is 6.29 Å². The largest absolute Gasteiger partial charge is 0.349 e. The molecular weight excluding hydrogens is 190 g/mol. The average molecular weight is 213 g/mol. The van der Waals surface area contributed by atoms with Crippen LogP contribution in [0.1, 0.15) is 32.6 Å². The van der Waals surface area contributed by atoms with E-state index >= 15 is 0 Å². The Balaban J connectivity index is 1.80. The minimum Gasteiger partial charge on any atom is -0.349 e. The molecule has 1 saturated carbocycles. The van der Waals surface area contributed by atoms with Gasteiger partial charge in [-0.05, 0) is 25.8 Å². The van der Waals surface area contributed by atoms with Gasteiger partial charge in [-0.2, -0.15) is 0 Å². The highest BCUT2D eigenvalue weighted by molar-refractivity contribution is 4.80. The van der Waals surface area contributed by atoms with Gasteiger partial charge in [-0.15, -0.1) is 0 Å². The predicted molar refractivity (Wildman–Crippen MR) is 59.7 cm³/mol. The molecule has 0 bridgehead atoms. The zero-order valence-corrected chi connectivity index (χ0v) is 9.95. The summed E-state index contributed by atoms with van der Waals surface area (Å²) in [6, 6.07) is 0.728. The Morgan fingerprint density at radius 3 is 2.47 bits per heavy atom. The van der Waals surface area contributed by atoms with E-state index in [1.54, 1.807) is 0 Å². The van der Waals surface area contributed by atoms with Gasteiger partial charge in [0.2, 0.25) is 0 Å². The zero-order valence-electron chi connectivity index (χ0n) is 9.95. The first-order chi connectivity index (χ1) is 7.27. The summed E-state index contributed by atoms with van der Waals surface area (Å²) < 4.78 is 11.0. The number of likely N-dealkylation sites (N-methyl/N-ethyl adjacent to an activating group) is 1. The Morgan fingerprint density at radius 1 is 1.13 bits per heavy atom. The molecule has 2 fully saturated rings. The quantitative estimate of drug-likeness (QED) is 0.714. The SMILES string of the molecule is C[C@@H]1CCCC[C@H]1N(C)CC1OCCO1. The molecular formula is C12H23NO2. The van der Waals surface area contributed by atoms with Crippen LogP contribution in [-0.4, -0.2) is 44.0 Å². The zero-order chi connectivity index (χ0) is 10.7. The van der Waals surface area contributed by atoms with Crippen molar-refractivity contribution in [3.8, 4) is 0 Å². The monoisotopic (exact) mass is 213 g/mol. The third kappa shape index (κ3) is 2.92. The molecule has 0 aromatic carbocycles. The smallest absolute Gasteiger partial charge is 0.170 e. The predicted octanol–water partition coefficient (Wildman–Crippen LogP) is 1.87. The molecule has 0 aromatic heterocycles. The maximum atomic E-state index is 5.49. The summed E-state index contributed by atoms with van der Waals surface area (Å²) in [5, 5.41) is 0. The fraction of sp³-hybridized carbons (Fsp3) is 1.00. The Bertz CT molecular complexity index is 192. The molecule has 88 valence electrons. The van der Waals surface area contributed by atoms with E-state index in [4.69, 9.17) is 9.47 Å². The van der Waals surface area contributed by atoms with E-state index in [-0.39, 0.29) is 6.29 Å². The van der Waals surface area contributed by atoms with Crippen molar-refractivity contribution in [2.45, 2.75) is 44.9 Å². The van der Waals surface area contributed by atoms with E-state index in [1.165, 1.54) is 25.7 Å². The molecule has 1 heterocycles. The van der Waals surface area contributed by atoms with Crippen LogP contribution in [0, 0.1) is 5.92 Å². The van der Waals surface area contributed by atoms with Crippen molar-refractivity contribution in [1.82, 2.24) is 4.90 Å². The Kier molecular flexibility index (Phi) is 4.00. The van der Waals surface area contributed by atoms with Crippen LogP contribution >= 0.6 is 0 Å². The summed E-state index contributed by atoms with van der Waals surface area (Å²) in [5.74, 6) is 0.824. The topological polar surface area (TPSA) is 21.7 Å². The highest BCUT2D eigenvalue weighted by Crippen LogP contribution is 2.27. The lowest BCUT2D eigenvalue weighted by molar-refractivity contribution is -0.0692. The Morgan fingerprint density at radius 2 is 1.80 bits per heavy atom. The summed E-state index contributed by atoms with van der Waals surface area (Å²) in [4.78, 5) is 2.43. The van der Waals surface area contributed by atoms with Crippen LogP contribution in [-0.2, 0) is 9.47 Å². The van der Waals surface area contributed by atoms with Crippen molar-refractivity contribution < 1.29 is 9.47 Å². The lowest BCUT2D eigenvalue weighted by Gasteiger charge is -2.37. The molecule has 0 spiro atoms. The fourth-order valence-electron chi connectivity index (χ4n) is 2.83. The van der Waals surface area contributed by atoms with Gasteiger partial charge >= 0.3 is 0 Å². The van der Waals surface area contributed by atoms with Gasteiger partial charge in [-0.25, -0.2) is 0 Å². The summed E-state index contributed by atoms with van der Waals surface area (Å²) in [6.45, 7) is 4.82. The summed E-state index contributed by atoms with van der Waals surface area (Å²) >= 11 is 0. The second kappa shape index (κ2) is 5.28. The Hall–Kier alpha value is -0.120. The number of ether oxygens (including phenoxy) is 2. The molecule has 3 nitrogen and oxygen atoms in total. The molecule has 0 aromatic rings. The van der Waals surface area contributed by atoms with Crippen molar-refractivity contribution in [3.63, 3.8) is 0 Å². The standard InChI is InChI=1S/C12H23NO2/c1-10-5-3-4-6-11(10)13(2)9-12-14-7-8-15-12/h10-12H,3-9H2,1-2H3/t10-,11-/m1/s1. The van der Waals surface area contributed by atoms with E-state index in [9.17, 15) is 0 Å². The van der Waals surface area contributed by atoms with Crippen molar-refractivity contribution in [1.29, 1.82) is 0 Å². The first kappa shape index (κ1) is 11.4. The normalized spacial score (nSPS) is 33.8. The molecule has 1 saturated heterocycles. The minimum absolute atomic E-state index is 0.0177. The molecule has 1 aliphatic carbocycles. The second-order valence-electron chi connectivity index (χ2n) is 4.94. The van der Waals surface area contributed by atoms with Gasteiger partial charge < -0.3 is 9.47 Å². The number of hydrogen-bond acceptors (Lipinski definition) is 3. The van der Waals surface area contributed by atoms with Crippen molar-refractivity contribution in [2.75, 3.05) is 26.8 Å². The van der Waals surface area contributed by atoms with E-state index in [0.29, 0.717) is 0 Å². The lowest BCUT2D eigenvalue weighted by Crippen LogP contribution is -2.42. The average Bonchev–Trinajstić information content (AvgIpc) is 2.71. The lowest BCUT2D eigenvalue weighted by atomic mass is 9.85. The van der Waals surface area contributed by atoms with Crippen LogP contribution in [0.25, 0.3) is 0 Å². The molecule has 2 atom stereocenters. The van der Waals surface area contributed by atoms with Crippen LogP contribution in [0.15, 0.2) is 0 Å². The van der Waals surface area contributed by atoms with Crippen LogP contribution in [0.3, 0.4) is 0 Å². The van der Waals surface area contributed by atoms with Crippen LogP contribution in [0.5, 0.6) is 0 Å². The van der Waals surface area contributed by atoms with E-state index in [0.717, 1.165) is 31.7 Å². The van der Waals surface area contributed by atoms with Crippen LogP contribution < -0.4 is 0 Å². The number of rotatable bonds is 3. The van der Waals surface area contributed by atoms with Gasteiger partial charge in [-0.1, -0.05) is 19.8 Å². The minimum atomic E-state index is 0.0177. The molecule has 0 N–H and O–H groups in total. The van der Waals surface area contributed by atoms with Gasteiger partial charge in [0.05, 0.1) is 13.2 Å². The third-order valence-electron chi connectivity index (χ3n) is 3.76. The summed E-state index contributed by atoms with van der Waals surface area (Å²) in [6.07, 6.45) is 5.52. The van der Waals surface area contributed by atoms with E-state index in [1.807, 2.05) is 0 Å². The molecule has 1 aliphatic heterocycles. The maximum Gasteiger partial charge on any atom is 0.170 e. The first-order valence-electron chi connectivity index (χ1n) is 6.21. The highest BCUT2D eigenvalue weighted by atomic mass is 16.7. The summed E-state index contributed by atoms with van der Waals surface area (Å²) in [7, 11) is 2.21. The molecule has 0 radical (unpaired) electrons. The molecule has 2 rings (SSSR count). The molecule has 2 aliphatic rings. The molecule has 15 heavy (non-hydrogen) atoms. The van der Waals surface area contributed by atoms with Crippen molar-refractivity contribution in [2.24, 2.45) is 5.92 Å². The molecule has 3 heteroatoms. The fourth-order valence-corrected chi connectivity index (χ4v) is 2.83. The van der Waals surface area contributed by atoms with E-state index < -0.39 is 0 Å². The number of hydrogen-bond donors (Lipinski definition) is 0.